The van der Waals surface area contributed by atoms with Crippen LogP contribution in [0.2, 0.25) is 0 Å². The quantitative estimate of drug-likeness (QED) is 0.750. The standard InChI is InChI=1S/C23H20N2O2/c1-25-21-13-12-20(15-19(21)11-14-22(25)26)24-23(27)18-9-7-17(8-10-18)16-5-3-2-4-6-16/h2-10,12-13,15H,11,14H2,1H3,(H,24,27). The van der Waals surface area contributed by atoms with E-state index in [-0.39, 0.29) is 11.8 Å². The molecule has 4 rings (SSSR count). The number of amides is 2. The first kappa shape index (κ1) is 17.0. The van der Waals surface area contributed by atoms with Crippen LogP contribution >= 0.6 is 0 Å². The molecule has 0 aromatic heterocycles. The van der Waals surface area contributed by atoms with E-state index in [4.69, 9.17) is 0 Å². The average molecular weight is 356 g/mol. The second kappa shape index (κ2) is 7.08. The lowest BCUT2D eigenvalue weighted by Crippen LogP contribution is -2.31. The van der Waals surface area contributed by atoms with Gasteiger partial charge in [-0.1, -0.05) is 42.5 Å². The number of hydrogen-bond acceptors (Lipinski definition) is 2. The molecule has 3 aromatic rings. The average Bonchev–Trinajstić information content (AvgIpc) is 2.71. The van der Waals surface area contributed by atoms with Crippen LogP contribution in [0, 0.1) is 0 Å². The maximum atomic E-state index is 12.6. The number of aryl methyl sites for hydroxylation is 1. The van der Waals surface area contributed by atoms with Crippen LogP contribution in [0.5, 0.6) is 0 Å². The summed E-state index contributed by atoms with van der Waals surface area (Å²) in [6.07, 6.45) is 1.20. The molecule has 0 saturated carbocycles. The Morgan fingerprint density at radius 2 is 1.59 bits per heavy atom. The van der Waals surface area contributed by atoms with Gasteiger partial charge < -0.3 is 10.2 Å². The molecule has 0 spiro atoms. The van der Waals surface area contributed by atoms with Gasteiger partial charge in [-0.25, -0.2) is 0 Å². The van der Waals surface area contributed by atoms with Crippen molar-refractivity contribution in [1.29, 1.82) is 0 Å². The van der Waals surface area contributed by atoms with Crippen molar-refractivity contribution in [1.82, 2.24) is 0 Å². The molecule has 0 bridgehead atoms. The predicted octanol–water partition coefficient (Wildman–Crippen LogP) is 4.51. The number of rotatable bonds is 3. The topological polar surface area (TPSA) is 49.4 Å². The van der Waals surface area contributed by atoms with Gasteiger partial charge in [-0.2, -0.15) is 0 Å². The molecule has 4 heteroatoms. The molecule has 1 N–H and O–H groups in total. The number of carbonyl (C=O) groups is 2. The molecule has 3 aromatic carbocycles. The van der Waals surface area contributed by atoms with Crippen molar-refractivity contribution in [3.63, 3.8) is 0 Å². The van der Waals surface area contributed by atoms with Crippen molar-refractivity contribution in [3.05, 3.63) is 83.9 Å². The second-order valence-electron chi connectivity index (χ2n) is 6.69. The normalized spacial score (nSPS) is 13.2. The highest BCUT2D eigenvalue weighted by Crippen LogP contribution is 2.29. The maximum Gasteiger partial charge on any atom is 0.255 e. The minimum absolute atomic E-state index is 0.123. The molecule has 0 unspecified atom stereocenters. The van der Waals surface area contributed by atoms with Gasteiger partial charge in [-0.3, -0.25) is 9.59 Å². The van der Waals surface area contributed by atoms with Gasteiger partial charge in [0.2, 0.25) is 5.91 Å². The summed E-state index contributed by atoms with van der Waals surface area (Å²) >= 11 is 0. The van der Waals surface area contributed by atoms with Gasteiger partial charge in [-0.05, 0) is 53.4 Å². The number of nitrogens with one attached hydrogen (secondary N) is 1. The zero-order valence-corrected chi connectivity index (χ0v) is 15.1. The monoisotopic (exact) mass is 356 g/mol. The summed E-state index contributed by atoms with van der Waals surface area (Å²) in [5.74, 6) is -0.0207. The van der Waals surface area contributed by atoms with Crippen molar-refractivity contribution in [3.8, 4) is 11.1 Å². The summed E-state index contributed by atoms with van der Waals surface area (Å²) in [5.41, 5.74) is 5.55. The van der Waals surface area contributed by atoms with Gasteiger partial charge in [0.1, 0.15) is 0 Å². The number of anilines is 2. The van der Waals surface area contributed by atoms with E-state index in [9.17, 15) is 9.59 Å². The van der Waals surface area contributed by atoms with Crippen LogP contribution in [-0.4, -0.2) is 18.9 Å². The van der Waals surface area contributed by atoms with Gasteiger partial charge in [0, 0.05) is 30.4 Å². The van der Waals surface area contributed by atoms with Crippen LogP contribution in [0.4, 0.5) is 11.4 Å². The van der Waals surface area contributed by atoms with Crippen LogP contribution in [0.25, 0.3) is 11.1 Å². The molecule has 0 aliphatic carbocycles. The van der Waals surface area contributed by atoms with Crippen molar-refractivity contribution >= 4 is 23.2 Å². The fourth-order valence-corrected chi connectivity index (χ4v) is 3.38. The number of carbonyl (C=O) groups excluding carboxylic acids is 2. The highest BCUT2D eigenvalue weighted by atomic mass is 16.2. The molecule has 4 nitrogen and oxygen atoms in total. The van der Waals surface area contributed by atoms with Crippen LogP contribution < -0.4 is 10.2 Å². The molecule has 134 valence electrons. The third kappa shape index (κ3) is 3.47. The van der Waals surface area contributed by atoms with E-state index in [0.717, 1.165) is 28.1 Å². The largest absolute Gasteiger partial charge is 0.322 e. The van der Waals surface area contributed by atoms with Crippen molar-refractivity contribution < 1.29 is 9.59 Å². The number of hydrogen-bond donors (Lipinski definition) is 1. The molecule has 27 heavy (non-hydrogen) atoms. The van der Waals surface area contributed by atoms with E-state index in [1.165, 1.54) is 0 Å². The Morgan fingerprint density at radius 1 is 0.889 bits per heavy atom. The second-order valence-corrected chi connectivity index (χ2v) is 6.69. The minimum atomic E-state index is -0.144. The highest BCUT2D eigenvalue weighted by Gasteiger charge is 2.21. The van der Waals surface area contributed by atoms with E-state index in [0.29, 0.717) is 18.4 Å². The smallest absolute Gasteiger partial charge is 0.255 e. The van der Waals surface area contributed by atoms with Crippen molar-refractivity contribution in [2.75, 3.05) is 17.3 Å². The van der Waals surface area contributed by atoms with Crippen molar-refractivity contribution in [2.24, 2.45) is 0 Å². The SMILES string of the molecule is CN1C(=O)CCc2cc(NC(=O)c3ccc(-c4ccccc4)cc3)ccc21. The van der Waals surface area contributed by atoms with E-state index in [1.54, 1.807) is 11.9 Å². The van der Waals surface area contributed by atoms with Crippen LogP contribution in [0.15, 0.2) is 72.8 Å². The third-order valence-corrected chi connectivity index (χ3v) is 4.94. The molecule has 2 amide bonds. The van der Waals surface area contributed by atoms with Gasteiger partial charge in [-0.15, -0.1) is 0 Å². The zero-order valence-electron chi connectivity index (χ0n) is 15.1. The van der Waals surface area contributed by atoms with Crippen LogP contribution in [0.1, 0.15) is 22.3 Å². The Hall–Kier alpha value is -3.40. The summed E-state index contributed by atoms with van der Waals surface area (Å²) in [6.45, 7) is 0. The molecule has 0 saturated heterocycles. The lowest BCUT2D eigenvalue weighted by Gasteiger charge is -2.26. The Kier molecular flexibility index (Phi) is 4.47. The third-order valence-electron chi connectivity index (χ3n) is 4.94. The molecular weight excluding hydrogens is 336 g/mol. The van der Waals surface area contributed by atoms with E-state index >= 15 is 0 Å². The highest BCUT2D eigenvalue weighted by molar-refractivity contribution is 6.05. The Bertz CT molecular complexity index is 995. The van der Waals surface area contributed by atoms with E-state index in [1.807, 2.05) is 72.8 Å². The lowest BCUT2D eigenvalue weighted by atomic mass is 10.0. The fraction of sp³-hybridized carbons (Fsp3) is 0.130. The zero-order chi connectivity index (χ0) is 18.8. The Balaban J connectivity index is 1.50. The summed E-state index contributed by atoms with van der Waals surface area (Å²) in [7, 11) is 1.78. The number of benzene rings is 3. The van der Waals surface area contributed by atoms with Crippen molar-refractivity contribution in [2.45, 2.75) is 12.8 Å². The maximum absolute atomic E-state index is 12.6. The van der Waals surface area contributed by atoms with Gasteiger partial charge in [0.05, 0.1) is 0 Å². The number of fused-ring (bicyclic) bond motifs is 1. The Labute approximate surface area is 158 Å². The summed E-state index contributed by atoms with van der Waals surface area (Å²) in [5, 5.41) is 2.95. The molecule has 0 atom stereocenters. The summed E-state index contributed by atoms with van der Waals surface area (Å²) in [6, 6.07) is 23.3. The lowest BCUT2D eigenvalue weighted by molar-refractivity contribution is -0.118. The van der Waals surface area contributed by atoms with Gasteiger partial charge >= 0.3 is 0 Å². The van der Waals surface area contributed by atoms with E-state index < -0.39 is 0 Å². The van der Waals surface area contributed by atoms with Crippen LogP contribution in [-0.2, 0) is 11.2 Å². The molecule has 0 fully saturated rings. The molecular formula is C23H20N2O2. The van der Waals surface area contributed by atoms with Gasteiger partial charge in [0.15, 0.2) is 0 Å². The fourth-order valence-electron chi connectivity index (χ4n) is 3.38. The predicted molar refractivity (Wildman–Crippen MR) is 108 cm³/mol. The first-order valence-electron chi connectivity index (χ1n) is 8.98. The summed E-state index contributed by atoms with van der Waals surface area (Å²) in [4.78, 5) is 26.0. The van der Waals surface area contributed by atoms with Crippen LogP contribution in [0.3, 0.4) is 0 Å². The first-order chi connectivity index (χ1) is 13.1. The number of nitrogens with zero attached hydrogens (tertiary/aromatic N) is 1. The molecule has 1 heterocycles. The molecule has 1 aliphatic heterocycles. The van der Waals surface area contributed by atoms with Gasteiger partial charge in [0.25, 0.3) is 5.91 Å². The minimum Gasteiger partial charge on any atom is -0.322 e. The van der Waals surface area contributed by atoms with E-state index in [2.05, 4.69) is 5.32 Å². The molecule has 1 aliphatic rings. The summed E-state index contributed by atoms with van der Waals surface area (Å²) < 4.78 is 0. The Morgan fingerprint density at radius 3 is 2.33 bits per heavy atom. The first-order valence-corrected chi connectivity index (χ1v) is 8.98. The molecule has 0 radical (unpaired) electrons.